The van der Waals surface area contributed by atoms with Gasteiger partial charge in [-0.05, 0) is 40.9 Å². The van der Waals surface area contributed by atoms with Gasteiger partial charge < -0.3 is 9.79 Å². The first kappa shape index (κ1) is 13.8. The molecule has 0 aliphatic rings. The van der Waals surface area contributed by atoms with E-state index in [1.165, 1.54) is 6.07 Å². The fourth-order valence-electron chi connectivity index (χ4n) is 1.17. The van der Waals surface area contributed by atoms with E-state index >= 15 is 0 Å². The maximum Gasteiger partial charge on any atom is 0.399 e. The van der Waals surface area contributed by atoms with Crippen LogP contribution >= 0.6 is 23.5 Å². The Balaban J connectivity index is 3.47. The molecule has 0 fully saturated rings. The van der Waals surface area contributed by atoms with Crippen LogP contribution in [0.15, 0.2) is 16.6 Å². The van der Waals surface area contributed by atoms with Crippen LogP contribution in [0.2, 0.25) is 0 Å². The Kier molecular flexibility index (Phi) is 3.60. The molecule has 0 saturated heterocycles. The molecule has 0 spiro atoms. The van der Waals surface area contributed by atoms with Crippen LogP contribution in [-0.2, 0) is 10.2 Å². The fraction of sp³-hybridized carbons (Fsp3) is 0.333. The van der Waals surface area contributed by atoms with E-state index in [2.05, 4.69) is 15.9 Å². The van der Waals surface area contributed by atoms with Gasteiger partial charge >= 0.3 is 13.3 Å². The first-order valence-electron chi connectivity index (χ1n) is 4.28. The zero-order valence-electron chi connectivity index (χ0n) is 8.54. The Hall–Kier alpha value is -0.290. The molecule has 0 atom stereocenters. The smallest absolute Gasteiger partial charge is 0.320 e. The SMILES string of the molecule is Cc1ccc(C(F)(F)P(=O)(O)O)c(Br)c1C. The van der Waals surface area contributed by atoms with Gasteiger partial charge in [-0.3, -0.25) is 4.57 Å². The summed E-state index contributed by atoms with van der Waals surface area (Å²) in [5.74, 6) is 0. The Morgan fingerprint density at radius 3 is 2.25 bits per heavy atom. The maximum atomic E-state index is 13.4. The number of hydrogen-bond donors (Lipinski definition) is 2. The number of halogens is 3. The van der Waals surface area contributed by atoms with Gasteiger partial charge in [-0.1, -0.05) is 12.1 Å². The summed E-state index contributed by atoms with van der Waals surface area (Å²) in [5.41, 5.74) is -3.57. The minimum absolute atomic E-state index is 0.0285. The molecular weight excluding hydrogens is 305 g/mol. The predicted octanol–water partition coefficient (Wildman–Crippen LogP) is 3.29. The van der Waals surface area contributed by atoms with E-state index in [9.17, 15) is 13.3 Å². The highest BCUT2D eigenvalue weighted by Gasteiger charge is 2.51. The highest BCUT2D eigenvalue weighted by atomic mass is 79.9. The summed E-state index contributed by atoms with van der Waals surface area (Å²) in [6.07, 6.45) is 0. The van der Waals surface area contributed by atoms with Crippen molar-refractivity contribution < 1.29 is 23.1 Å². The zero-order valence-corrected chi connectivity index (χ0v) is 11.0. The molecule has 7 heteroatoms. The lowest BCUT2D eigenvalue weighted by molar-refractivity contribution is 0.0556. The number of alkyl halides is 2. The van der Waals surface area contributed by atoms with Crippen molar-refractivity contribution in [3.63, 3.8) is 0 Å². The molecule has 16 heavy (non-hydrogen) atoms. The molecule has 1 aromatic carbocycles. The van der Waals surface area contributed by atoms with Crippen LogP contribution in [-0.4, -0.2) is 9.79 Å². The van der Waals surface area contributed by atoms with Gasteiger partial charge in [0.2, 0.25) is 0 Å². The quantitative estimate of drug-likeness (QED) is 0.823. The average molecular weight is 315 g/mol. The van der Waals surface area contributed by atoms with Crippen molar-refractivity contribution in [2.75, 3.05) is 0 Å². The second kappa shape index (κ2) is 4.18. The molecule has 2 N–H and O–H groups in total. The number of benzene rings is 1. The molecule has 3 nitrogen and oxygen atoms in total. The van der Waals surface area contributed by atoms with Crippen molar-refractivity contribution in [3.8, 4) is 0 Å². The summed E-state index contributed by atoms with van der Waals surface area (Å²) in [4.78, 5) is 17.2. The molecule has 0 radical (unpaired) electrons. The first-order chi connectivity index (χ1) is 7.09. The van der Waals surface area contributed by atoms with Gasteiger partial charge in [-0.15, -0.1) is 0 Å². The molecular formula is C9H10BrF2O3P. The Bertz CT molecular complexity index is 470. The van der Waals surface area contributed by atoms with Crippen molar-refractivity contribution in [2.24, 2.45) is 0 Å². The molecule has 1 aromatic rings. The van der Waals surface area contributed by atoms with Crippen LogP contribution in [0.5, 0.6) is 0 Å². The summed E-state index contributed by atoms with van der Waals surface area (Å²) in [5, 5.41) is 0. The highest BCUT2D eigenvalue weighted by Crippen LogP contribution is 2.60. The lowest BCUT2D eigenvalue weighted by Gasteiger charge is -2.20. The number of rotatable bonds is 2. The third-order valence-electron chi connectivity index (χ3n) is 2.35. The predicted molar refractivity (Wildman–Crippen MR) is 59.6 cm³/mol. The van der Waals surface area contributed by atoms with Gasteiger partial charge in [-0.2, -0.15) is 8.78 Å². The minimum Gasteiger partial charge on any atom is -0.320 e. The summed E-state index contributed by atoms with van der Waals surface area (Å²) in [6, 6.07) is 2.42. The minimum atomic E-state index is -5.52. The summed E-state index contributed by atoms with van der Waals surface area (Å²) >= 11 is 2.94. The molecule has 90 valence electrons. The van der Waals surface area contributed by atoms with E-state index < -0.39 is 18.8 Å². The van der Waals surface area contributed by atoms with E-state index in [4.69, 9.17) is 9.79 Å². The van der Waals surface area contributed by atoms with E-state index in [1.54, 1.807) is 13.8 Å². The molecule has 0 bridgehead atoms. The average Bonchev–Trinajstić information content (AvgIpc) is 2.12. The second-order valence-corrected chi connectivity index (χ2v) is 5.90. The monoisotopic (exact) mass is 314 g/mol. The first-order valence-corrected chi connectivity index (χ1v) is 6.69. The van der Waals surface area contributed by atoms with Crippen LogP contribution in [0, 0.1) is 13.8 Å². The molecule has 0 heterocycles. The number of hydrogen-bond acceptors (Lipinski definition) is 1. The van der Waals surface area contributed by atoms with Crippen LogP contribution in [0.3, 0.4) is 0 Å². The zero-order chi connectivity index (χ0) is 12.7. The van der Waals surface area contributed by atoms with Crippen LogP contribution in [0.4, 0.5) is 8.78 Å². The lowest BCUT2D eigenvalue weighted by Crippen LogP contribution is -2.15. The summed E-state index contributed by atoms with van der Waals surface area (Å²) < 4.78 is 37.6. The van der Waals surface area contributed by atoms with Crippen LogP contribution in [0.1, 0.15) is 16.7 Å². The fourth-order valence-corrected chi connectivity index (χ4v) is 2.52. The lowest BCUT2D eigenvalue weighted by atomic mass is 10.1. The van der Waals surface area contributed by atoms with Crippen LogP contribution in [0.25, 0.3) is 0 Å². The molecule has 1 rings (SSSR count). The molecule has 0 amide bonds. The van der Waals surface area contributed by atoms with Crippen LogP contribution < -0.4 is 0 Å². The van der Waals surface area contributed by atoms with Gasteiger partial charge in [0, 0.05) is 10.0 Å². The Morgan fingerprint density at radius 1 is 1.31 bits per heavy atom. The third-order valence-corrected chi connectivity index (χ3v) is 4.34. The third kappa shape index (κ3) is 2.20. The Morgan fingerprint density at radius 2 is 1.81 bits per heavy atom. The van der Waals surface area contributed by atoms with Crippen molar-refractivity contribution in [1.82, 2.24) is 0 Å². The van der Waals surface area contributed by atoms with Crippen molar-refractivity contribution in [1.29, 1.82) is 0 Å². The van der Waals surface area contributed by atoms with Gasteiger partial charge in [-0.25, -0.2) is 0 Å². The van der Waals surface area contributed by atoms with E-state index in [1.807, 2.05) is 0 Å². The second-order valence-electron chi connectivity index (χ2n) is 3.45. The maximum absolute atomic E-state index is 13.4. The molecule has 0 aliphatic heterocycles. The van der Waals surface area contributed by atoms with Gasteiger partial charge in [0.1, 0.15) is 0 Å². The number of aryl methyl sites for hydroxylation is 1. The Labute approximate surface area is 99.8 Å². The standard InChI is InChI=1S/C9H10BrF2O3P/c1-5-3-4-7(8(10)6(5)2)9(11,12)16(13,14)15/h3-4H,1-2H3,(H2,13,14,15). The molecule has 0 saturated carbocycles. The summed E-state index contributed by atoms with van der Waals surface area (Å²) in [6.45, 7) is 3.32. The topological polar surface area (TPSA) is 57.5 Å². The van der Waals surface area contributed by atoms with Crippen molar-refractivity contribution in [2.45, 2.75) is 19.5 Å². The largest absolute Gasteiger partial charge is 0.399 e. The van der Waals surface area contributed by atoms with Gasteiger partial charge in [0.15, 0.2) is 0 Å². The summed E-state index contributed by atoms with van der Waals surface area (Å²) in [7, 11) is -5.52. The van der Waals surface area contributed by atoms with Gasteiger partial charge in [0.05, 0.1) is 0 Å². The molecule has 0 unspecified atom stereocenters. The molecule has 0 aliphatic carbocycles. The van der Waals surface area contributed by atoms with Gasteiger partial charge in [0.25, 0.3) is 0 Å². The van der Waals surface area contributed by atoms with Crippen molar-refractivity contribution >= 4 is 23.5 Å². The normalized spacial score (nSPS) is 12.9. The highest BCUT2D eigenvalue weighted by molar-refractivity contribution is 9.10. The van der Waals surface area contributed by atoms with Crippen molar-refractivity contribution in [3.05, 3.63) is 33.3 Å². The van der Waals surface area contributed by atoms with E-state index in [-0.39, 0.29) is 4.47 Å². The molecule has 0 aromatic heterocycles. The van der Waals surface area contributed by atoms with E-state index in [0.29, 0.717) is 5.56 Å². The van der Waals surface area contributed by atoms with E-state index in [0.717, 1.165) is 11.6 Å².